The van der Waals surface area contributed by atoms with Crippen molar-refractivity contribution in [1.82, 2.24) is 0 Å². The third kappa shape index (κ3) is 4.67. The Labute approximate surface area is 233 Å². The monoisotopic (exact) mass is 518 g/mol. The second kappa shape index (κ2) is 10.5. The van der Waals surface area contributed by atoms with Gasteiger partial charge in [-0.3, -0.25) is 0 Å². The van der Waals surface area contributed by atoms with Gasteiger partial charge in [0.25, 0.3) is 0 Å². The molecule has 6 atom stereocenters. The van der Waals surface area contributed by atoms with Gasteiger partial charge in [-0.2, -0.15) is 0 Å². The number of aromatic hydroxyl groups is 1. The molecule has 5 N–H and O–H groups in total. The Hall–Kier alpha value is -2.80. The number of hydrogen-bond acceptors (Lipinski definition) is 10. The molecular weight excluding hydrogens is 495 g/mol. The number of hydrogen-bond donors (Lipinski definition) is 5. The summed E-state index contributed by atoms with van der Waals surface area (Å²) in [4.78, 5) is 25.3. The molecule has 10 nitrogen and oxygen atoms in total. The van der Waals surface area contributed by atoms with Gasteiger partial charge in [0.1, 0.15) is 29.8 Å². The molecule has 1 saturated heterocycles. The Morgan fingerprint density at radius 1 is 0.811 bits per heavy atom. The van der Waals surface area contributed by atoms with E-state index in [4.69, 9.17) is 14.2 Å². The fraction of sp³-hybridized carbons (Fsp3) is 0.231. The molecule has 0 amide bonds. The molecule has 2 aliphatic rings. The molecule has 0 aromatic heterocycles. The molecule has 2 aliphatic heterocycles. The number of carbonyl (C=O) groups excluding carboxylic acids is 2. The Morgan fingerprint density at radius 2 is 1.41 bits per heavy atom. The van der Waals surface area contributed by atoms with Crippen LogP contribution in [0.5, 0.6) is 11.5 Å². The van der Waals surface area contributed by atoms with Crippen LogP contribution in [0.4, 0.5) is 0 Å². The molecule has 5 rings (SSSR count). The number of cyclic esters (lactones) is 1. The summed E-state index contributed by atoms with van der Waals surface area (Å²) >= 11 is 0. The Bertz CT molecular complexity index is 1300. The Balaban J connectivity index is 0.00000320. The van der Waals surface area contributed by atoms with Crippen molar-refractivity contribution in [2.24, 2.45) is 0 Å². The van der Waals surface area contributed by atoms with Gasteiger partial charge in [-0.1, -0.05) is 42.5 Å². The predicted molar refractivity (Wildman–Crippen MR) is 128 cm³/mol. The quantitative estimate of drug-likeness (QED) is 0.179. The predicted octanol–water partition coefficient (Wildman–Crippen LogP) is -0.0887. The van der Waals surface area contributed by atoms with Gasteiger partial charge in [0.15, 0.2) is 18.0 Å². The van der Waals surface area contributed by atoms with Crippen LogP contribution in [-0.4, -0.2) is 97.7 Å². The number of ether oxygens (including phenoxy) is 3. The van der Waals surface area contributed by atoms with Crippen molar-refractivity contribution >= 4 is 41.5 Å². The number of rotatable bonds is 4. The van der Waals surface area contributed by atoms with E-state index in [1.165, 1.54) is 24.3 Å². The Morgan fingerprint density at radius 3 is 2.05 bits per heavy atom. The molecule has 3 aromatic carbocycles. The van der Waals surface area contributed by atoms with Gasteiger partial charge in [-0.25, -0.2) is 9.59 Å². The van der Waals surface area contributed by atoms with Crippen LogP contribution in [0.3, 0.4) is 0 Å². The van der Waals surface area contributed by atoms with Crippen LogP contribution in [0.15, 0.2) is 72.8 Å². The third-order valence-corrected chi connectivity index (χ3v) is 6.35. The molecule has 0 spiro atoms. The molecular formula is C26H23NaO10. The summed E-state index contributed by atoms with van der Waals surface area (Å²) in [5.41, 5.74) is 0.795. The summed E-state index contributed by atoms with van der Waals surface area (Å²) in [6.07, 6.45) is -9.02. The molecule has 188 valence electrons. The first-order valence-electron chi connectivity index (χ1n) is 11.0. The zero-order chi connectivity index (χ0) is 25.6. The van der Waals surface area contributed by atoms with Gasteiger partial charge in [-0.15, -0.1) is 0 Å². The number of phenols is 1. The van der Waals surface area contributed by atoms with Crippen molar-refractivity contribution in [1.29, 1.82) is 0 Å². The Kier molecular flexibility index (Phi) is 7.75. The van der Waals surface area contributed by atoms with Crippen LogP contribution >= 0.6 is 0 Å². The van der Waals surface area contributed by atoms with Gasteiger partial charge in [0, 0.05) is 16.7 Å². The summed E-state index contributed by atoms with van der Waals surface area (Å²) in [6, 6.07) is 19.3. The number of phenolic OH excluding ortho intramolecular Hbond substituents is 1. The number of aliphatic hydroxyl groups is 4. The number of aliphatic hydroxyl groups excluding tert-OH is 4. The zero-order valence-corrected chi connectivity index (χ0v) is 18.6. The molecule has 2 heterocycles. The molecule has 0 saturated carbocycles. The van der Waals surface area contributed by atoms with Crippen molar-refractivity contribution in [3.63, 3.8) is 0 Å². The normalized spacial score (nSPS) is 28.5. The number of fused-ring (bicyclic) bond motifs is 1. The van der Waals surface area contributed by atoms with E-state index in [-0.39, 0.29) is 41.1 Å². The summed E-state index contributed by atoms with van der Waals surface area (Å²) in [7, 11) is 0. The van der Waals surface area contributed by atoms with Crippen LogP contribution in [0, 0.1) is 0 Å². The number of carbonyl (C=O) groups is 2. The molecule has 0 aliphatic carbocycles. The van der Waals surface area contributed by atoms with Crippen LogP contribution in [0.25, 0.3) is 0 Å². The van der Waals surface area contributed by atoms with Crippen molar-refractivity contribution in [3.05, 3.63) is 95.1 Å². The second-order valence-electron chi connectivity index (χ2n) is 8.53. The number of benzene rings is 3. The van der Waals surface area contributed by atoms with Gasteiger partial charge < -0.3 is 39.7 Å². The van der Waals surface area contributed by atoms with E-state index >= 15 is 0 Å². The zero-order valence-electron chi connectivity index (χ0n) is 18.6. The first kappa shape index (κ1) is 27.2. The molecule has 1 fully saturated rings. The maximum atomic E-state index is 12.8. The molecule has 0 bridgehead atoms. The van der Waals surface area contributed by atoms with E-state index in [2.05, 4.69) is 0 Å². The van der Waals surface area contributed by atoms with E-state index < -0.39 is 48.2 Å². The van der Waals surface area contributed by atoms with Crippen LogP contribution in [-0.2, 0) is 19.9 Å². The molecule has 1 unspecified atom stereocenters. The minimum atomic E-state index is -1.88. The van der Waals surface area contributed by atoms with Gasteiger partial charge in [0.2, 0.25) is 0 Å². The average molecular weight is 518 g/mol. The van der Waals surface area contributed by atoms with E-state index in [1.807, 2.05) is 0 Å². The van der Waals surface area contributed by atoms with Crippen molar-refractivity contribution in [2.75, 3.05) is 0 Å². The minimum absolute atomic E-state index is 0. The van der Waals surface area contributed by atoms with E-state index in [0.29, 0.717) is 22.3 Å². The van der Waals surface area contributed by atoms with Gasteiger partial charge in [-0.05, 0) is 30.3 Å². The second-order valence-corrected chi connectivity index (χ2v) is 8.53. The van der Waals surface area contributed by atoms with E-state index in [1.54, 1.807) is 48.5 Å². The standard InChI is InChI=1S/C26H22O10.Na.H/c27-15-9-5-13(6-10-15)26(18-4-2-1-3-17(18)23(31)36-26)14-7-11-16(12-8-14)34-25(33)22-20(29)19(28)21(30)24(32)35-22;;/h1-12,19-22,24,27-30,32H;;/t19-,20-,21+,22-,24+,26?;;/m0../s1. The van der Waals surface area contributed by atoms with E-state index in [0.717, 1.165) is 0 Å². The van der Waals surface area contributed by atoms with Crippen LogP contribution in [0.1, 0.15) is 27.0 Å². The number of esters is 2. The van der Waals surface area contributed by atoms with E-state index in [9.17, 15) is 35.1 Å². The third-order valence-electron chi connectivity index (χ3n) is 6.35. The fourth-order valence-corrected chi connectivity index (χ4v) is 4.50. The van der Waals surface area contributed by atoms with Crippen LogP contribution < -0.4 is 4.74 Å². The topological polar surface area (TPSA) is 163 Å². The molecule has 11 heteroatoms. The van der Waals surface area contributed by atoms with Crippen LogP contribution in [0.2, 0.25) is 0 Å². The fourth-order valence-electron chi connectivity index (χ4n) is 4.50. The van der Waals surface area contributed by atoms with Gasteiger partial charge in [0.05, 0.1) is 5.56 Å². The molecule has 3 aromatic rings. The summed E-state index contributed by atoms with van der Waals surface area (Å²) in [6.45, 7) is 0. The average Bonchev–Trinajstić information content (AvgIpc) is 3.19. The maximum absolute atomic E-state index is 12.8. The van der Waals surface area contributed by atoms with Crippen molar-refractivity contribution < 1.29 is 49.3 Å². The first-order valence-corrected chi connectivity index (χ1v) is 11.0. The summed E-state index contributed by atoms with van der Waals surface area (Å²) in [5.74, 6) is -1.51. The van der Waals surface area contributed by atoms with Crippen molar-refractivity contribution in [2.45, 2.75) is 36.3 Å². The molecule has 0 radical (unpaired) electrons. The summed E-state index contributed by atoms with van der Waals surface area (Å²) < 4.78 is 16.1. The van der Waals surface area contributed by atoms with Crippen molar-refractivity contribution in [3.8, 4) is 11.5 Å². The summed E-state index contributed by atoms with van der Waals surface area (Å²) in [5, 5.41) is 48.9. The molecule has 37 heavy (non-hydrogen) atoms. The SMILES string of the molecule is O=C1OC(c2ccc(O)cc2)(c2ccc(OC(=O)[C@H]3O[C@@H](O)[C@H](O)[C@@H](O)[C@@H]3O)cc2)c2ccccc21.[NaH]. The first-order chi connectivity index (χ1) is 17.2. The van der Waals surface area contributed by atoms with Gasteiger partial charge >= 0.3 is 41.5 Å².